The summed E-state index contributed by atoms with van der Waals surface area (Å²) in [6.07, 6.45) is 4.40. The summed E-state index contributed by atoms with van der Waals surface area (Å²) < 4.78 is 4.91. The van der Waals surface area contributed by atoms with Crippen LogP contribution in [0.3, 0.4) is 0 Å². The van der Waals surface area contributed by atoms with Crippen LogP contribution < -0.4 is 4.74 Å². The van der Waals surface area contributed by atoms with Crippen molar-refractivity contribution in [2.24, 2.45) is 0 Å². The van der Waals surface area contributed by atoms with Crippen LogP contribution in [0.15, 0.2) is 30.3 Å². The Morgan fingerprint density at radius 3 is 2.09 bits per heavy atom. The first-order chi connectivity index (χ1) is 5.35. The number of ether oxygens (including phenoxy) is 1. The topological polar surface area (TPSA) is 9.23 Å². The molecule has 0 unspecified atom stereocenters. The summed E-state index contributed by atoms with van der Waals surface area (Å²) >= 11 is 4.03. The third-order valence-corrected chi connectivity index (χ3v) is 0.979. The fourth-order valence-electron chi connectivity index (χ4n) is 0.557. The first-order valence-electron chi connectivity index (χ1n) is 2.96. The van der Waals surface area contributed by atoms with Crippen LogP contribution in [0.25, 0.3) is 0 Å². The van der Waals surface area contributed by atoms with E-state index < -0.39 is 0 Å². The van der Waals surface area contributed by atoms with Crippen LogP contribution in [0.2, 0.25) is 0 Å². The molecular formula is C9H9CuO. The predicted octanol–water partition coefficient (Wildman–Crippen LogP) is 1.82. The summed E-state index contributed by atoms with van der Waals surface area (Å²) in [7, 11) is 1.66. The van der Waals surface area contributed by atoms with E-state index >= 15 is 0 Å². The molecule has 62 valence electrons. The quantitative estimate of drug-likeness (QED) is 0.492. The third kappa shape index (κ3) is 5.54. The van der Waals surface area contributed by atoms with Crippen LogP contribution >= 0.6 is 0 Å². The fourth-order valence-corrected chi connectivity index (χ4v) is 0.557. The first-order valence-corrected chi connectivity index (χ1v) is 3.43. The van der Waals surface area contributed by atoms with Crippen LogP contribution in [0, 0.1) is 11.2 Å². The molecule has 1 nitrogen and oxygen atoms in total. The van der Waals surface area contributed by atoms with Crippen molar-refractivity contribution in [2.75, 3.05) is 7.11 Å². The molecule has 0 radical (unpaired) electrons. The van der Waals surface area contributed by atoms with Crippen molar-refractivity contribution >= 4 is 0 Å². The van der Waals surface area contributed by atoms with Crippen LogP contribution in [0.1, 0.15) is 0 Å². The van der Waals surface area contributed by atoms with Crippen molar-refractivity contribution < 1.29 is 20.7 Å². The van der Waals surface area contributed by atoms with E-state index in [2.05, 4.69) is 22.4 Å². The summed E-state index contributed by atoms with van der Waals surface area (Å²) in [5.41, 5.74) is 0. The van der Waals surface area contributed by atoms with Gasteiger partial charge in [0.1, 0.15) is 5.75 Å². The molecule has 1 aromatic rings. The Morgan fingerprint density at radius 1 is 1.36 bits per heavy atom. The molecule has 0 fully saturated rings. The summed E-state index contributed by atoms with van der Waals surface area (Å²) in [4.78, 5) is 1.81. The molecule has 0 aliphatic rings. The van der Waals surface area contributed by atoms with Crippen LogP contribution in [-0.2, 0) is 16.0 Å². The Labute approximate surface area is 75.6 Å². The third-order valence-electron chi connectivity index (χ3n) is 0.979. The molecule has 0 heterocycles. The maximum absolute atomic E-state index is 4.91. The Bertz CT molecular complexity index is 213. The van der Waals surface area contributed by atoms with E-state index in [0.717, 1.165) is 5.75 Å². The molecular weight excluding hydrogens is 188 g/mol. The second-order valence-electron chi connectivity index (χ2n) is 1.60. The zero-order chi connectivity index (χ0) is 8.53. The first kappa shape index (κ1) is 10.1. The van der Waals surface area contributed by atoms with Crippen molar-refractivity contribution in [2.45, 2.75) is 0 Å². The number of methoxy groups -OCH3 is 1. The SMILES string of the molecule is C#[C][Cu].COc1ccccc1. The normalized spacial score (nSPS) is 7.09. The summed E-state index contributed by atoms with van der Waals surface area (Å²) in [6, 6.07) is 9.68. The number of para-hydroxylation sites is 1. The zero-order valence-corrected chi connectivity index (χ0v) is 7.12. The average Bonchev–Trinajstić information content (AvgIpc) is 2.08. The Kier molecular flexibility index (Phi) is 6.62. The van der Waals surface area contributed by atoms with Crippen LogP contribution in [0.5, 0.6) is 5.75 Å². The summed E-state index contributed by atoms with van der Waals surface area (Å²) in [5.74, 6) is 0.910. The van der Waals surface area contributed by atoms with Gasteiger partial charge in [-0.2, -0.15) is 0 Å². The van der Waals surface area contributed by atoms with E-state index in [1.54, 1.807) is 7.11 Å². The number of hydrogen-bond acceptors (Lipinski definition) is 1. The minimum absolute atomic E-state index is 0.910. The number of hydrogen-bond donors (Lipinski definition) is 0. The molecule has 0 bridgehead atoms. The van der Waals surface area contributed by atoms with Crippen molar-refractivity contribution in [3.8, 4) is 17.0 Å². The molecule has 1 aromatic carbocycles. The molecule has 2 heteroatoms. The zero-order valence-electron chi connectivity index (χ0n) is 6.17. The molecule has 0 saturated carbocycles. The van der Waals surface area contributed by atoms with Crippen molar-refractivity contribution in [1.29, 1.82) is 0 Å². The van der Waals surface area contributed by atoms with Gasteiger partial charge in [0.25, 0.3) is 0 Å². The number of benzene rings is 1. The van der Waals surface area contributed by atoms with Crippen molar-refractivity contribution in [3.63, 3.8) is 0 Å². The Hall–Kier alpha value is -0.901. The van der Waals surface area contributed by atoms with E-state index in [1.165, 1.54) is 0 Å². The smallest absolute Gasteiger partial charge is 0.118 e. The largest absolute Gasteiger partial charge is 0.497 e. The number of rotatable bonds is 1. The van der Waals surface area contributed by atoms with Gasteiger partial charge in [-0.05, 0) is 12.1 Å². The van der Waals surface area contributed by atoms with Gasteiger partial charge in [0.2, 0.25) is 0 Å². The van der Waals surface area contributed by atoms with Gasteiger partial charge in [0.15, 0.2) is 0 Å². The fraction of sp³-hybridized carbons (Fsp3) is 0.111. The molecule has 0 atom stereocenters. The minimum Gasteiger partial charge on any atom is -0.497 e. The van der Waals surface area contributed by atoms with E-state index in [9.17, 15) is 0 Å². The molecule has 0 N–H and O–H groups in total. The molecule has 0 saturated heterocycles. The Balaban J connectivity index is 0.000000292. The standard InChI is InChI=1S/C7H8O.C2H.Cu/c1-8-7-5-3-2-4-6-7;1-2;/h2-6H,1H3;1H;. The van der Waals surface area contributed by atoms with Crippen LogP contribution in [-0.4, -0.2) is 7.11 Å². The second-order valence-corrected chi connectivity index (χ2v) is 1.88. The maximum Gasteiger partial charge on any atom is 0.118 e. The van der Waals surface area contributed by atoms with E-state index in [0.29, 0.717) is 0 Å². The van der Waals surface area contributed by atoms with Crippen LogP contribution in [0.4, 0.5) is 0 Å². The monoisotopic (exact) mass is 196 g/mol. The second kappa shape index (κ2) is 7.21. The van der Waals surface area contributed by atoms with Crippen molar-refractivity contribution in [1.82, 2.24) is 0 Å². The maximum atomic E-state index is 4.91. The summed E-state index contributed by atoms with van der Waals surface area (Å²) in [6.45, 7) is 0. The van der Waals surface area contributed by atoms with Gasteiger partial charge in [0.05, 0.1) is 7.11 Å². The van der Waals surface area contributed by atoms with Gasteiger partial charge in [-0.25, -0.2) is 0 Å². The van der Waals surface area contributed by atoms with Gasteiger partial charge in [-0.15, -0.1) is 0 Å². The van der Waals surface area contributed by atoms with Gasteiger partial charge >= 0.3 is 27.3 Å². The van der Waals surface area contributed by atoms with Gasteiger partial charge in [0, 0.05) is 0 Å². The molecule has 1 rings (SSSR count). The number of terminal acetylenes is 1. The summed E-state index contributed by atoms with van der Waals surface area (Å²) in [5, 5.41) is 0. The molecule has 0 aliphatic carbocycles. The van der Waals surface area contributed by atoms with Gasteiger partial charge < -0.3 is 4.74 Å². The molecule has 0 aromatic heterocycles. The minimum atomic E-state index is 0.910. The van der Waals surface area contributed by atoms with E-state index in [1.807, 2.05) is 35.2 Å². The molecule has 11 heavy (non-hydrogen) atoms. The van der Waals surface area contributed by atoms with E-state index in [-0.39, 0.29) is 0 Å². The predicted molar refractivity (Wildman–Crippen MR) is 41.8 cm³/mol. The molecule has 0 aliphatic heterocycles. The van der Waals surface area contributed by atoms with E-state index in [4.69, 9.17) is 4.74 Å². The molecule has 0 spiro atoms. The van der Waals surface area contributed by atoms with Gasteiger partial charge in [-0.1, -0.05) is 18.2 Å². The average molecular weight is 197 g/mol. The Morgan fingerprint density at radius 2 is 1.82 bits per heavy atom. The molecule has 0 amide bonds. The van der Waals surface area contributed by atoms with Gasteiger partial charge in [-0.3, -0.25) is 0 Å². The van der Waals surface area contributed by atoms with Crippen molar-refractivity contribution in [3.05, 3.63) is 30.3 Å².